The van der Waals surface area contributed by atoms with E-state index in [4.69, 9.17) is 16.3 Å². The van der Waals surface area contributed by atoms with Crippen molar-refractivity contribution in [1.82, 2.24) is 19.8 Å². The van der Waals surface area contributed by atoms with Gasteiger partial charge in [0.2, 0.25) is 5.16 Å². The van der Waals surface area contributed by atoms with E-state index in [2.05, 4.69) is 15.3 Å². The van der Waals surface area contributed by atoms with Gasteiger partial charge in [0.25, 0.3) is 0 Å². The fraction of sp³-hybridized carbons (Fsp3) is 0.100. The van der Waals surface area contributed by atoms with Gasteiger partial charge in [0.1, 0.15) is 5.75 Å². The average Bonchev–Trinajstić information content (AvgIpc) is 3.15. The highest BCUT2D eigenvalue weighted by Gasteiger charge is 2.13. The van der Waals surface area contributed by atoms with Gasteiger partial charge in [-0.2, -0.15) is 9.61 Å². The SMILES string of the molecule is COc1ccc(C(=O)CSc2nnc3ccc(-c4ccc(Cl)cc4)nn23)cc1. The van der Waals surface area contributed by atoms with Gasteiger partial charge in [-0.05, 0) is 48.5 Å². The summed E-state index contributed by atoms with van der Waals surface area (Å²) in [7, 11) is 1.59. The van der Waals surface area contributed by atoms with E-state index in [0.29, 0.717) is 27.1 Å². The molecule has 2 aromatic heterocycles. The number of hydrogen-bond donors (Lipinski definition) is 0. The molecule has 0 spiro atoms. The molecule has 6 nitrogen and oxygen atoms in total. The number of ether oxygens (including phenoxy) is 1. The Hall–Kier alpha value is -2.90. The van der Waals surface area contributed by atoms with Crippen molar-refractivity contribution in [2.75, 3.05) is 12.9 Å². The van der Waals surface area contributed by atoms with Crippen molar-refractivity contribution < 1.29 is 9.53 Å². The Kier molecular flexibility index (Phi) is 5.27. The van der Waals surface area contributed by atoms with Crippen LogP contribution in [0.5, 0.6) is 5.75 Å². The molecule has 2 heterocycles. The van der Waals surface area contributed by atoms with Crippen LogP contribution in [0.4, 0.5) is 0 Å². The first kappa shape index (κ1) is 18.5. The zero-order chi connectivity index (χ0) is 19.5. The van der Waals surface area contributed by atoms with Crippen molar-refractivity contribution in [2.45, 2.75) is 5.16 Å². The third-order valence-electron chi connectivity index (χ3n) is 4.12. The minimum absolute atomic E-state index is 0.00161. The molecule has 28 heavy (non-hydrogen) atoms. The number of methoxy groups -OCH3 is 1. The maximum absolute atomic E-state index is 12.4. The summed E-state index contributed by atoms with van der Waals surface area (Å²) in [4.78, 5) is 12.4. The van der Waals surface area contributed by atoms with Crippen molar-refractivity contribution in [3.05, 3.63) is 71.2 Å². The lowest BCUT2D eigenvalue weighted by atomic mass is 10.1. The number of fused-ring (bicyclic) bond motifs is 1. The maximum Gasteiger partial charge on any atom is 0.212 e. The predicted molar refractivity (Wildman–Crippen MR) is 109 cm³/mol. The van der Waals surface area contributed by atoms with Crippen LogP contribution in [-0.4, -0.2) is 38.5 Å². The average molecular weight is 411 g/mol. The van der Waals surface area contributed by atoms with Gasteiger partial charge in [0, 0.05) is 16.1 Å². The first-order valence-corrected chi connectivity index (χ1v) is 9.79. The number of hydrogen-bond acceptors (Lipinski definition) is 6. The van der Waals surface area contributed by atoms with Crippen LogP contribution < -0.4 is 4.74 Å². The van der Waals surface area contributed by atoms with Crippen LogP contribution in [0.3, 0.4) is 0 Å². The van der Waals surface area contributed by atoms with Crippen LogP contribution in [0.15, 0.2) is 65.8 Å². The van der Waals surface area contributed by atoms with Crippen LogP contribution >= 0.6 is 23.4 Å². The van der Waals surface area contributed by atoms with E-state index < -0.39 is 0 Å². The molecular weight excluding hydrogens is 396 g/mol. The molecule has 0 atom stereocenters. The van der Waals surface area contributed by atoms with Gasteiger partial charge < -0.3 is 4.74 Å². The molecule has 0 aliphatic carbocycles. The maximum atomic E-state index is 12.4. The molecule has 0 unspecified atom stereocenters. The molecule has 0 bridgehead atoms. The summed E-state index contributed by atoms with van der Waals surface area (Å²) >= 11 is 7.25. The number of rotatable bonds is 6. The molecule has 0 saturated heterocycles. The monoisotopic (exact) mass is 410 g/mol. The van der Waals surface area contributed by atoms with E-state index in [1.54, 1.807) is 35.9 Å². The quantitative estimate of drug-likeness (QED) is 0.346. The number of aromatic nitrogens is 4. The van der Waals surface area contributed by atoms with Crippen LogP contribution in [0.1, 0.15) is 10.4 Å². The number of nitrogens with zero attached hydrogens (tertiary/aromatic N) is 4. The Morgan fingerprint density at radius 3 is 2.50 bits per heavy atom. The summed E-state index contributed by atoms with van der Waals surface area (Å²) in [6.45, 7) is 0. The number of carbonyl (C=O) groups excluding carboxylic acids is 1. The summed E-state index contributed by atoms with van der Waals surface area (Å²) in [5, 5.41) is 14.1. The van der Waals surface area contributed by atoms with Gasteiger partial charge >= 0.3 is 0 Å². The van der Waals surface area contributed by atoms with Gasteiger partial charge in [-0.25, -0.2) is 0 Å². The van der Waals surface area contributed by atoms with E-state index in [1.807, 2.05) is 36.4 Å². The fourth-order valence-electron chi connectivity index (χ4n) is 2.62. The highest BCUT2D eigenvalue weighted by molar-refractivity contribution is 7.99. The third-order valence-corrected chi connectivity index (χ3v) is 5.29. The molecule has 8 heteroatoms. The van der Waals surface area contributed by atoms with E-state index in [1.165, 1.54) is 11.8 Å². The van der Waals surface area contributed by atoms with Crippen LogP contribution in [0.2, 0.25) is 5.02 Å². The van der Waals surface area contributed by atoms with Crippen molar-refractivity contribution in [3.63, 3.8) is 0 Å². The third kappa shape index (κ3) is 3.85. The van der Waals surface area contributed by atoms with Gasteiger partial charge in [-0.15, -0.1) is 10.2 Å². The second-order valence-electron chi connectivity index (χ2n) is 5.92. The molecule has 4 aromatic rings. The Bertz CT molecular complexity index is 1130. The second-order valence-corrected chi connectivity index (χ2v) is 7.30. The Balaban J connectivity index is 1.54. The molecule has 0 amide bonds. The van der Waals surface area contributed by atoms with Crippen molar-refractivity contribution in [1.29, 1.82) is 0 Å². The normalized spacial score (nSPS) is 10.9. The number of carbonyl (C=O) groups is 1. The topological polar surface area (TPSA) is 69.4 Å². The first-order valence-electron chi connectivity index (χ1n) is 8.42. The molecular formula is C20H15ClN4O2S. The Morgan fingerprint density at radius 1 is 1.04 bits per heavy atom. The minimum atomic E-state index is -0.00161. The lowest BCUT2D eigenvalue weighted by Crippen LogP contribution is -2.04. The van der Waals surface area contributed by atoms with Crippen molar-refractivity contribution >= 4 is 34.8 Å². The minimum Gasteiger partial charge on any atom is -0.497 e. The molecule has 0 N–H and O–H groups in total. The molecule has 0 saturated carbocycles. The Morgan fingerprint density at radius 2 is 1.79 bits per heavy atom. The highest BCUT2D eigenvalue weighted by Crippen LogP contribution is 2.23. The lowest BCUT2D eigenvalue weighted by Gasteiger charge is -2.04. The molecule has 0 aliphatic rings. The molecule has 0 aliphatic heterocycles. The fourth-order valence-corrected chi connectivity index (χ4v) is 3.53. The van der Waals surface area contributed by atoms with Gasteiger partial charge in [-0.1, -0.05) is 35.5 Å². The highest BCUT2D eigenvalue weighted by atomic mass is 35.5. The molecule has 4 rings (SSSR count). The second kappa shape index (κ2) is 8.00. The molecule has 140 valence electrons. The summed E-state index contributed by atoms with van der Waals surface area (Å²) in [6.07, 6.45) is 0. The van der Waals surface area contributed by atoms with Gasteiger partial charge in [0.05, 0.1) is 18.6 Å². The summed E-state index contributed by atoms with van der Waals surface area (Å²) < 4.78 is 6.77. The zero-order valence-electron chi connectivity index (χ0n) is 14.9. The number of halogens is 1. The van der Waals surface area contributed by atoms with E-state index in [-0.39, 0.29) is 11.5 Å². The number of benzene rings is 2. The van der Waals surface area contributed by atoms with Gasteiger partial charge in [-0.3, -0.25) is 4.79 Å². The molecule has 0 fully saturated rings. The zero-order valence-corrected chi connectivity index (χ0v) is 16.4. The van der Waals surface area contributed by atoms with Gasteiger partial charge in [0.15, 0.2) is 11.4 Å². The summed E-state index contributed by atoms with van der Waals surface area (Å²) in [5.74, 6) is 0.949. The summed E-state index contributed by atoms with van der Waals surface area (Å²) in [5.41, 5.74) is 2.95. The van der Waals surface area contributed by atoms with E-state index in [0.717, 1.165) is 11.3 Å². The lowest BCUT2D eigenvalue weighted by molar-refractivity contribution is 0.102. The first-order chi connectivity index (χ1) is 13.6. The smallest absolute Gasteiger partial charge is 0.212 e. The predicted octanol–water partition coefficient (Wildman–Crippen LogP) is 4.43. The van der Waals surface area contributed by atoms with Crippen LogP contribution in [0, 0.1) is 0 Å². The largest absolute Gasteiger partial charge is 0.497 e. The van der Waals surface area contributed by atoms with Crippen molar-refractivity contribution in [3.8, 4) is 17.0 Å². The molecule has 0 radical (unpaired) electrons. The Labute approximate surface area is 170 Å². The molecule has 2 aromatic carbocycles. The number of ketones is 1. The van der Waals surface area contributed by atoms with Crippen LogP contribution in [0.25, 0.3) is 16.9 Å². The van der Waals surface area contributed by atoms with E-state index in [9.17, 15) is 4.79 Å². The van der Waals surface area contributed by atoms with Crippen LogP contribution in [-0.2, 0) is 0 Å². The summed E-state index contributed by atoms with van der Waals surface area (Å²) in [6, 6.07) is 18.2. The number of Topliss-reactive ketones (excluding diaryl/α,β-unsaturated/α-hetero) is 1. The standard InChI is InChI=1S/C20H15ClN4O2S/c1-27-16-8-4-14(5-9-16)18(26)12-28-20-23-22-19-11-10-17(24-25(19)20)13-2-6-15(21)7-3-13/h2-11H,12H2,1H3. The number of thioether (sulfide) groups is 1. The van der Waals surface area contributed by atoms with Crippen molar-refractivity contribution in [2.24, 2.45) is 0 Å². The van der Waals surface area contributed by atoms with E-state index >= 15 is 0 Å².